The van der Waals surface area contributed by atoms with Crippen molar-refractivity contribution in [2.75, 3.05) is 53.3 Å². The summed E-state index contributed by atoms with van der Waals surface area (Å²) in [5.74, 6) is 0.670. The number of likely N-dealkylation sites (tertiary alicyclic amines) is 1. The first-order valence-corrected chi connectivity index (χ1v) is 13.1. The second-order valence-corrected chi connectivity index (χ2v) is 10.0. The lowest BCUT2D eigenvalue weighted by atomic mass is 10.1. The molecule has 1 aliphatic heterocycles. The largest absolute Gasteiger partial charge is 0.495 e. The summed E-state index contributed by atoms with van der Waals surface area (Å²) in [7, 11) is 4.59. The van der Waals surface area contributed by atoms with E-state index in [9.17, 15) is 4.79 Å². The standard InChI is InChI=1S/C26H28Cl2N8O4/c1-14-7-17(33-36(26(14)37)24-21(27)19(39-3)8-20(40-4)22(24)28)23-25(29)30-10-18(32-23)15-9-31-35(11-15)16-12-34(13-16)5-6-38-2/h7-11,16H,5-6,12-13H2,1-4H3,(H2,29,30). The van der Waals surface area contributed by atoms with E-state index >= 15 is 0 Å². The highest BCUT2D eigenvalue weighted by molar-refractivity contribution is 6.39. The number of methoxy groups -OCH3 is 3. The molecule has 12 nitrogen and oxygen atoms in total. The SMILES string of the molecule is COCCN1CC(n2cc(-c3cnc(N)c(-c4cc(C)c(=O)n(-c5c(Cl)c(OC)cc(OC)c5Cl)n4)n3)cn2)C1. The number of hydrogen-bond acceptors (Lipinski definition) is 10. The van der Waals surface area contributed by atoms with Crippen LogP contribution in [0.5, 0.6) is 11.5 Å². The van der Waals surface area contributed by atoms with E-state index in [1.165, 1.54) is 20.3 Å². The molecule has 14 heteroatoms. The van der Waals surface area contributed by atoms with Crippen molar-refractivity contribution in [1.29, 1.82) is 0 Å². The number of aryl methyl sites for hydroxylation is 1. The average molecular weight is 587 g/mol. The highest BCUT2D eigenvalue weighted by atomic mass is 35.5. The topological polar surface area (TPSA) is 135 Å². The molecule has 4 aromatic rings. The first-order chi connectivity index (χ1) is 19.2. The minimum atomic E-state index is -0.438. The van der Waals surface area contributed by atoms with Gasteiger partial charge in [0.15, 0.2) is 5.82 Å². The Morgan fingerprint density at radius 2 is 1.75 bits per heavy atom. The van der Waals surface area contributed by atoms with Crippen LogP contribution >= 0.6 is 23.2 Å². The maximum atomic E-state index is 13.2. The molecular weight excluding hydrogens is 559 g/mol. The smallest absolute Gasteiger partial charge is 0.274 e. The zero-order chi connectivity index (χ0) is 28.6. The maximum Gasteiger partial charge on any atom is 0.274 e. The second kappa shape index (κ2) is 11.4. The summed E-state index contributed by atoms with van der Waals surface area (Å²) in [6.45, 7) is 5.03. The summed E-state index contributed by atoms with van der Waals surface area (Å²) in [6.07, 6.45) is 5.25. The van der Waals surface area contributed by atoms with Gasteiger partial charge in [-0.2, -0.15) is 14.9 Å². The zero-order valence-electron chi connectivity index (χ0n) is 22.4. The van der Waals surface area contributed by atoms with Crippen LogP contribution in [0.3, 0.4) is 0 Å². The van der Waals surface area contributed by atoms with E-state index in [2.05, 4.69) is 20.1 Å². The minimum Gasteiger partial charge on any atom is -0.495 e. The highest BCUT2D eigenvalue weighted by Crippen LogP contribution is 2.42. The van der Waals surface area contributed by atoms with Crippen molar-refractivity contribution in [3.8, 4) is 39.8 Å². The number of halogens is 2. The number of rotatable bonds is 9. The van der Waals surface area contributed by atoms with Crippen LogP contribution in [0.15, 0.2) is 35.5 Å². The third-order valence-electron chi connectivity index (χ3n) is 6.72. The molecule has 4 heterocycles. The Morgan fingerprint density at radius 1 is 1.05 bits per heavy atom. The van der Waals surface area contributed by atoms with Gasteiger partial charge in [-0.15, -0.1) is 0 Å². The Morgan fingerprint density at radius 3 is 2.40 bits per heavy atom. The zero-order valence-corrected chi connectivity index (χ0v) is 23.9. The summed E-state index contributed by atoms with van der Waals surface area (Å²) in [6, 6.07) is 3.40. The average Bonchev–Trinajstić information content (AvgIpc) is 3.40. The Labute approximate surface area is 240 Å². The molecule has 1 saturated heterocycles. The van der Waals surface area contributed by atoms with Crippen molar-refractivity contribution in [3.63, 3.8) is 0 Å². The van der Waals surface area contributed by atoms with Crippen LogP contribution in [-0.2, 0) is 4.74 Å². The van der Waals surface area contributed by atoms with Gasteiger partial charge >= 0.3 is 0 Å². The summed E-state index contributed by atoms with van der Waals surface area (Å²) >= 11 is 13.2. The molecule has 210 valence electrons. The van der Waals surface area contributed by atoms with E-state index in [-0.39, 0.29) is 39.1 Å². The lowest BCUT2D eigenvalue weighted by Gasteiger charge is -2.38. The van der Waals surface area contributed by atoms with E-state index in [1.807, 2.05) is 10.9 Å². The van der Waals surface area contributed by atoms with Gasteiger partial charge in [-0.25, -0.2) is 9.97 Å². The number of ether oxygens (including phenoxy) is 3. The molecule has 0 aliphatic carbocycles. The third kappa shape index (κ3) is 5.10. The summed E-state index contributed by atoms with van der Waals surface area (Å²) < 4.78 is 18.9. The van der Waals surface area contributed by atoms with E-state index in [0.717, 1.165) is 29.9 Å². The predicted octanol–water partition coefficient (Wildman–Crippen LogP) is 3.27. The van der Waals surface area contributed by atoms with Crippen molar-refractivity contribution in [1.82, 2.24) is 34.4 Å². The van der Waals surface area contributed by atoms with Gasteiger partial charge in [0.05, 0.1) is 45.0 Å². The van der Waals surface area contributed by atoms with Crippen LogP contribution in [0.25, 0.3) is 28.3 Å². The number of aromatic nitrogens is 6. The number of nitrogens with zero attached hydrogens (tertiary/aromatic N) is 7. The molecule has 0 bridgehead atoms. The molecular formula is C26H28Cl2N8O4. The van der Waals surface area contributed by atoms with Crippen molar-refractivity contribution in [2.24, 2.45) is 0 Å². The van der Waals surface area contributed by atoms with Crippen molar-refractivity contribution in [3.05, 3.63) is 56.7 Å². The molecule has 1 aromatic carbocycles. The van der Waals surface area contributed by atoms with Gasteiger partial charge < -0.3 is 19.9 Å². The van der Waals surface area contributed by atoms with E-state index in [0.29, 0.717) is 29.3 Å². The van der Waals surface area contributed by atoms with E-state index in [1.54, 1.807) is 32.5 Å². The first-order valence-electron chi connectivity index (χ1n) is 12.4. The maximum absolute atomic E-state index is 13.2. The fraction of sp³-hybridized carbons (Fsp3) is 0.346. The summed E-state index contributed by atoms with van der Waals surface area (Å²) in [5, 5.41) is 9.25. The summed E-state index contributed by atoms with van der Waals surface area (Å²) in [5.41, 5.74) is 8.20. The lowest BCUT2D eigenvalue weighted by molar-refractivity contribution is 0.0645. The normalized spacial score (nSPS) is 13.8. The molecule has 0 radical (unpaired) electrons. The highest BCUT2D eigenvalue weighted by Gasteiger charge is 2.28. The van der Waals surface area contributed by atoms with Gasteiger partial charge in [-0.1, -0.05) is 23.2 Å². The number of anilines is 1. The van der Waals surface area contributed by atoms with Crippen molar-refractivity contribution in [2.45, 2.75) is 13.0 Å². The van der Waals surface area contributed by atoms with Gasteiger partial charge in [0.2, 0.25) is 0 Å². The predicted molar refractivity (Wildman–Crippen MR) is 152 cm³/mol. The molecule has 1 fully saturated rings. The molecule has 1 aliphatic rings. The molecule has 40 heavy (non-hydrogen) atoms. The first kappa shape index (κ1) is 27.8. The van der Waals surface area contributed by atoms with E-state index in [4.69, 9.17) is 48.1 Å². The molecule has 0 saturated carbocycles. The van der Waals surface area contributed by atoms with Crippen LogP contribution in [0.4, 0.5) is 5.82 Å². The van der Waals surface area contributed by atoms with Crippen LogP contribution in [0.1, 0.15) is 11.6 Å². The number of hydrogen-bond donors (Lipinski definition) is 1. The number of benzene rings is 1. The Kier molecular flexibility index (Phi) is 7.95. The molecule has 2 N–H and O–H groups in total. The molecule has 3 aromatic heterocycles. The van der Waals surface area contributed by atoms with Gasteiger partial charge in [0.1, 0.15) is 38.6 Å². The molecule has 0 amide bonds. The van der Waals surface area contributed by atoms with E-state index < -0.39 is 5.56 Å². The lowest BCUT2D eigenvalue weighted by Crippen LogP contribution is -2.48. The van der Waals surface area contributed by atoms with Crippen molar-refractivity contribution >= 4 is 29.0 Å². The van der Waals surface area contributed by atoms with Crippen LogP contribution in [0, 0.1) is 6.92 Å². The van der Waals surface area contributed by atoms with Gasteiger partial charge in [0, 0.05) is 50.1 Å². The second-order valence-electron chi connectivity index (χ2n) is 9.29. The number of nitrogens with two attached hydrogens (primary N) is 1. The molecule has 0 spiro atoms. The fourth-order valence-electron chi connectivity index (χ4n) is 4.45. The monoisotopic (exact) mass is 586 g/mol. The Bertz CT molecular complexity index is 1590. The van der Waals surface area contributed by atoms with Gasteiger partial charge in [0.25, 0.3) is 5.56 Å². The van der Waals surface area contributed by atoms with Crippen molar-refractivity contribution < 1.29 is 14.2 Å². The fourth-order valence-corrected chi connectivity index (χ4v) is 5.11. The quantitative estimate of drug-likeness (QED) is 0.311. The van der Waals surface area contributed by atoms with Gasteiger partial charge in [-0.05, 0) is 13.0 Å². The van der Waals surface area contributed by atoms with Crippen LogP contribution in [-0.4, -0.2) is 82.0 Å². The summed E-state index contributed by atoms with van der Waals surface area (Å²) in [4.78, 5) is 24.6. The van der Waals surface area contributed by atoms with Crippen LogP contribution in [0.2, 0.25) is 10.0 Å². The minimum absolute atomic E-state index is 0.0939. The third-order valence-corrected chi connectivity index (χ3v) is 7.45. The molecule has 5 rings (SSSR count). The Hall–Kier alpha value is -3.71. The Balaban J connectivity index is 1.53. The molecule has 0 atom stereocenters. The van der Waals surface area contributed by atoms with Crippen LogP contribution < -0.4 is 20.8 Å². The van der Waals surface area contributed by atoms with Gasteiger partial charge in [-0.3, -0.25) is 14.4 Å². The number of nitrogen functional groups attached to an aromatic ring is 1. The molecule has 0 unspecified atom stereocenters.